The van der Waals surface area contributed by atoms with Crippen LogP contribution in [0.15, 0.2) is 18.2 Å². The van der Waals surface area contributed by atoms with Gasteiger partial charge in [0.1, 0.15) is 17.7 Å². The standard InChI is InChI=1S/C15H20FNO2/c1-15(18)5-2-6-17(10-15)9-13-8-11-7-12(16)3-4-14(11)19-13/h3-4,7,13,18H,2,5-6,8-10H2,1H3. The molecule has 2 atom stereocenters. The average Bonchev–Trinajstić information content (AvgIpc) is 2.68. The van der Waals surface area contributed by atoms with E-state index in [0.29, 0.717) is 6.54 Å². The number of halogens is 1. The van der Waals surface area contributed by atoms with Gasteiger partial charge in [0.25, 0.3) is 0 Å². The largest absolute Gasteiger partial charge is 0.488 e. The number of benzene rings is 1. The van der Waals surface area contributed by atoms with E-state index in [2.05, 4.69) is 4.90 Å². The molecule has 1 fully saturated rings. The van der Waals surface area contributed by atoms with Crippen molar-refractivity contribution in [3.63, 3.8) is 0 Å². The fourth-order valence-corrected chi connectivity index (χ4v) is 3.16. The van der Waals surface area contributed by atoms with Gasteiger partial charge in [-0.15, -0.1) is 0 Å². The number of rotatable bonds is 2. The molecule has 1 N–H and O–H groups in total. The average molecular weight is 265 g/mol. The number of aliphatic hydroxyl groups is 1. The first kappa shape index (κ1) is 12.9. The van der Waals surface area contributed by atoms with Crippen LogP contribution < -0.4 is 4.74 Å². The Labute approximate surface area is 113 Å². The maximum atomic E-state index is 13.2. The minimum absolute atomic E-state index is 0.0747. The monoisotopic (exact) mass is 265 g/mol. The van der Waals surface area contributed by atoms with E-state index < -0.39 is 5.60 Å². The zero-order valence-corrected chi connectivity index (χ0v) is 11.2. The predicted molar refractivity (Wildman–Crippen MR) is 70.8 cm³/mol. The summed E-state index contributed by atoms with van der Waals surface area (Å²) in [6.07, 6.45) is 2.71. The van der Waals surface area contributed by atoms with Crippen molar-refractivity contribution in [1.29, 1.82) is 0 Å². The normalized spacial score (nSPS) is 31.0. The van der Waals surface area contributed by atoms with Gasteiger partial charge in [-0.1, -0.05) is 0 Å². The van der Waals surface area contributed by atoms with Gasteiger partial charge in [-0.2, -0.15) is 0 Å². The second-order valence-corrected chi connectivity index (χ2v) is 6.03. The summed E-state index contributed by atoms with van der Waals surface area (Å²) < 4.78 is 19.0. The number of nitrogens with zero attached hydrogens (tertiary/aromatic N) is 1. The van der Waals surface area contributed by atoms with Crippen LogP contribution in [0.3, 0.4) is 0 Å². The van der Waals surface area contributed by atoms with Crippen molar-refractivity contribution in [2.75, 3.05) is 19.6 Å². The Kier molecular flexibility index (Phi) is 3.23. The summed E-state index contributed by atoms with van der Waals surface area (Å²) in [5, 5.41) is 10.1. The predicted octanol–water partition coefficient (Wildman–Crippen LogP) is 1.98. The summed E-state index contributed by atoms with van der Waals surface area (Å²) in [7, 11) is 0. The van der Waals surface area contributed by atoms with E-state index in [1.807, 2.05) is 6.92 Å². The van der Waals surface area contributed by atoms with Crippen LogP contribution in [0.4, 0.5) is 4.39 Å². The molecule has 0 spiro atoms. The Balaban J connectivity index is 1.61. The molecule has 104 valence electrons. The SMILES string of the molecule is CC1(O)CCCN(CC2Cc3cc(F)ccc3O2)C1. The first-order valence-corrected chi connectivity index (χ1v) is 6.92. The molecule has 3 rings (SSSR count). The molecule has 19 heavy (non-hydrogen) atoms. The highest BCUT2D eigenvalue weighted by Crippen LogP contribution is 2.30. The quantitative estimate of drug-likeness (QED) is 0.887. The first-order chi connectivity index (χ1) is 9.02. The molecule has 2 unspecified atom stereocenters. The molecule has 0 aromatic heterocycles. The zero-order chi connectivity index (χ0) is 13.5. The fraction of sp³-hybridized carbons (Fsp3) is 0.600. The summed E-state index contributed by atoms with van der Waals surface area (Å²) in [6, 6.07) is 4.70. The van der Waals surface area contributed by atoms with E-state index in [9.17, 15) is 9.50 Å². The first-order valence-electron chi connectivity index (χ1n) is 6.92. The maximum absolute atomic E-state index is 13.2. The molecular weight excluding hydrogens is 245 g/mol. The van der Waals surface area contributed by atoms with E-state index in [4.69, 9.17) is 4.74 Å². The van der Waals surface area contributed by atoms with Gasteiger partial charge in [0.15, 0.2) is 0 Å². The van der Waals surface area contributed by atoms with Gasteiger partial charge in [-0.05, 0) is 44.5 Å². The molecule has 1 aromatic rings. The van der Waals surface area contributed by atoms with Crippen molar-refractivity contribution >= 4 is 0 Å². The molecule has 2 aliphatic rings. The summed E-state index contributed by atoms with van der Waals surface area (Å²) in [6.45, 7) is 4.38. The van der Waals surface area contributed by atoms with Crippen molar-refractivity contribution in [3.05, 3.63) is 29.6 Å². The van der Waals surface area contributed by atoms with Crippen molar-refractivity contribution in [2.24, 2.45) is 0 Å². The molecule has 1 aromatic carbocycles. The Hall–Kier alpha value is -1.13. The Morgan fingerprint density at radius 3 is 3.16 bits per heavy atom. The molecule has 0 aliphatic carbocycles. The smallest absolute Gasteiger partial charge is 0.123 e. The van der Waals surface area contributed by atoms with Crippen molar-refractivity contribution in [2.45, 2.75) is 37.9 Å². The van der Waals surface area contributed by atoms with Gasteiger partial charge in [0.2, 0.25) is 0 Å². The number of hydrogen-bond donors (Lipinski definition) is 1. The highest BCUT2D eigenvalue weighted by atomic mass is 19.1. The van der Waals surface area contributed by atoms with E-state index >= 15 is 0 Å². The Morgan fingerprint density at radius 1 is 1.53 bits per heavy atom. The fourth-order valence-electron chi connectivity index (χ4n) is 3.16. The maximum Gasteiger partial charge on any atom is 0.123 e. The molecule has 1 saturated heterocycles. The molecule has 0 saturated carbocycles. The lowest BCUT2D eigenvalue weighted by molar-refractivity contribution is -0.0239. The van der Waals surface area contributed by atoms with Gasteiger partial charge in [-0.25, -0.2) is 4.39 Å². The number of fused-ring (bicyclic) bond motifs is 1. The topological polar surface area (TPSA) is 32.7 Å². The highest BCUT2D eigenvalue weighted by molar-refractivity contribution is 5.37. The van der Waals surface area contributed by atoms with Crippen LogP contribution in [0.25, 0.3) is 0 Å². The number of likely N-dealkylation sites (tertiary alicyclic amines) is 1. The summed E-state index contributed by atoms with van der Waals surface area (Å²) in [4.78, 5) is 2.25. The molecule has 3 nitrogen and oxygen atoms in total. The van der Waals surface area contributed by atoms with Crippen LogP contribution >= 0.6 is 0 Å². The summed E-state index contributed by atoms with van der Waals surface area (Å²) >= 11 is 0. The lowest BCUT2D eigenvalue weighted by Crippen LogP contribution is -2.49. The zero-order valence-electron chi connectivity index (χ0n) is 11.2. The highest BCUT2D eigenvalue weighted by Gasteiger charge is 2.31. The molecule has 0 bridgehead atoms. The third-order valence-electron chi connectivity index (χ3n) is 3.98. The van der Waals surface area contributed by atoms with Crippen molar-refractivity contribution in [3.8, 4) is 5.75 Å². The van der Waals surface area contributed by atoms with Gasteiger partial charge < -0.3 is 9.84 Å². The van der Waals surface area contributed by atoms with Crippen molar-refractivity contribution < 1.29 is 14.2 Å². The van der Waals surface area contributed by atoms with Crippen LogP contribution in [-0.4, -0.2) is 41.3 Å². The Morgan fingerprint density at radius 2 is 2.37 bits per heavy atom. The third-order valence-corrected chi connectivity index (χ3v) is 3.98. The molecule has 0 amide bonds. The minimum Gasteiger partial charge on any atom is -0.488 e. The molecule has 4 heteroatoms. The van der Waals surface area contributed by atoms with Crippen LogP contribution in [0.1, 0.15) is 25.3 Å². The van der Waals surface area contributed by atoms with Gasteiger partial charge in [-0.3, -0.25) is 4.90 Å². The summed E-state index contributed by atoms with van der Waals surface area (Å²) in [5.74, 6) is 0.596. The van der Waals surface area contributed by atoms with E-state index in [0.717, 1.165) is 43.7 Å². The van der Waals surface area contributed by atoms with Crippen LogP contribution in [0, 0.1) is 5.82 Å². The molecule has 2 heterocycles. The lowest BCUT2D eigenvalue weighted by Gasteiger charge is -2.37. The molecular formula is C15H20FNO2. The van der Waals surface area contributed by atoms with Gasteiger partial charge in [0.05, 0.1) is 5.60 Å². The lowest BCUT2D eigenvalue weighted by atomic mass is 9.95. The third kappa shape index (κ3) is 2.90. The number of β-amino-alcohol motifs (C(OH)–C–C–N with tert-alkyl or cyclic N) is 1. The number of ether oxygens (including phenoxy) is 1. The summed E-state index contributed by atoms with van der Waals surface area (Å²) in [5.41, 5.74) is 0.365. The van der Waals surface area contributed by atoms with Crippen LogP contribution in [0.2, 0.25) is 0 Å². The molecule has 0 radical (unpaired) electrons. The number of hydrogen-bond acceptors (Lipinski definition) is 3. The van der Waals surface area contributed by atoms with Crippen LogP contribution in [-0.2, 0) is 6.42 Å². The van der Waals surface area contributed by atoms with E-state index in [1.165, 1.54) is 6.07 Å². The molecule has 2 aliphatic heterocycles. The number of piperidine rings is 1. The second-order valence-electron chi connectivity index (χ2n) is 6.03. The Bertz CT molecular complexity index is 475. The van der Waals surface area contributed by atoms with E-state index in [-0.39, 0.29) is 11.9 Å². The van der Waals surface area contributed by atoms with Gasteiger partial charge in [0, 0.05) is 25.1 Å². The second kappa shape index (κ2) is 4.76. The van der Waals surface area contributed by atoms with Gasteiger partial charge >= 0.3 is 0 Å². The van der Waals surface area contributed by atoms with E-state index in [1.54, 1.807) is 12.1 Å². The van der Waals surface area contributed by atoms with Crippen molar-refractivity contribution in [1.82, 2.24) is 4.90 Å². The van der Waals surface area contributed by atoms with Crippen LogP contribution in [0.5, 0.6) is 5.75 Å². The minimum atomic E-state index is -0.587.